The van der Waals surface area contributed by atoms with Gasteiger partial charge in [-0.05, 0) is 57.2 Å². The molecule has 1 aliphatic carbocycles. The normalized spacial score (nSPS) is 24.3. The number of hydrogen-bond acceptors (Lipinski definition) is 5. The maximum absolute atomic E-state index is 12.6. The van der Waals surface area contributed by atoms with Gasteiger partial charge in [-0.15, -0.1) is 0 Å². The van der Waals surface area contributed by atoms with Gasteiger partial charge < -0.3 is 14.6 Å². The van der Waals surface area contributed by atoms with Crippen LogP contribution < -0.4 is 10.1 Å². The lowest BCUT2D eigenvalue weighted by atomic mass is 9.61. The Bertz CT molecular complexity index is 785. The number of nitrogens with one attached hydrogen (secondary N) is 1. The number of hydrogen-bond donors (Lipinski definition) is 1. The third-order valence-corrected chi connectivity index (χ3v) is 6.28. The quantitative estimate of drug-likeness (QED) is 0.745. The van der Waals surface area contributed by atoms with E-state index in [0.717, 1.165) is 43.3 Å². The Morgan fingerprint density at radius 1 is 1.32 bits per heavy atom. The molecule has 0 radical (unpaired) electrons. The van der Waals surface area contributed by atoms with Crippen molar-refractivity contribution in [1.82, 2.24) is 15.4 Å². The molecule has 1 saturated carbocycles. The van der Waals surface area contributed by atoms with Gasteiger partial charge in [0.25, 0.3) is 0 Å². The standard InChI is InChI=1S/C22H29N3O3/c1-15-20(16(2)28-24-15)13-25-10-8-17-12-19(21(17)14-25)22(26)23-9-11-27-18-6-4-3-5-7-18/h3-7,17,19,21H,8-14H2,1-2H3,(H,23,26)/t17-,19-,21-/m1/s1. The SMILES string of the molecule is Cc1noc(C)c1CN1CC[C@@H]2C[C@@H](C(=O)NCCOc3ccccc3)[C@@H]2C1. The predicted molar refractivity (Wildman–Crippen MR) is 106 cm³/mol. The molecule has 28 heavy (non-hydrogen) atoms. The summed E-state index contributed by atoms with van der Waals surface area (Å²) in [5, 5.41) is 7.12. The lowest BCUT2D eigenvalue weighted by molar-refractivity contribution is -0.137. The van der Waals surface area contributed by atoms with Crippen LogP contribution in [-0.2, 0) is 11.3 Å². The average molecular weight is 383 g/mol. The first-order valence-corrected chi connectivity index (χ1v) is 10.2. The number of aromatic nitrogens is 1. The topological polar surface area (TPSA) is 67.6 Å². The highest BCUT2D eigenvalue weighted by Gasteiger charge is 2.47. The van der Waals surface area contributed by atoms with E-state index in [-0.39, 0.29) is 11.8 Å². The molecule has 1 amide bonds. The Balaban J connectivity index is 1.23. The minimum absolute atomic E-state index is 0.134. The highest BCUT2D eigenvalue weighted by atomic mass is 16.5. The lowest BCUT2D eigenvalue weighted by Crippen LogP contribution is -2.55. The van der Waals surface area contributed by atoms with Crippen molar-refractivity contribution in [1.29, 1.82) is 0 Å². The fourth-order valence-electron chi connectivity index (χ4n) is 4.54. The zero-order chi connectivity index (χ0) is 19.5. The number of rotatable bonds is 7. The average Bonchev–Trinajstić information content (AvgIpc) is 3.00. The van der Waals surface area contributed by atoms with Gasteiger partial charge in [0.2, 0.25) is 5.91 Å². The number of carbonyl (C=O) groups excluding carboxylic acids is 1. The molecule has 1 saturated heterocycles. The number of carbonyl (C=O) groups is 1. The van der Waals surface area contributed by atoms with Crippen LogP contribution in [0.4, 0.5) is 0 Å². The van der Waals surface area contributed by atoms with E-state index < -0.39 is 0 Å². The molecular weight excluding hydrogens is 354 g/mol. The van der Waals surface area contributed by atoms with Gasteiger partial charge in [-0.1, -0.05) is 23.4 Å². The second-order valence-corrected chi connectivity index (χ2v) is 8.05. The number of para-hydroxylation sites is 1. The van der Waals surface area contributed by atoms with Gasteiger partial charge in [0, 0.05) is 24.6 Å². The van der Waals surface area contributed by atoms with E-state index in [1.165, 1.54) is 12.0 Å². The smallest absolute Gasteiger partial charge is 0.223 e. The molecular formula is C22H29N3O3. The second kappa shape index (κ2) is 8.35. The fraction of sp³-hybridized carbons (Fsp3) is 0.545. The molecule has 4 rings (SSSR count). The molecule has 1 aromatic carbocycles. The van der Waals surface area contributed by atoms with Crippen molar-refractivity contribution in [2.45, 2.75) is 33.2 Å². The third kappa shape index (κ3) is 4.07. The van der Waals surface area contributed by atoms with Crippen molar-refractivity contribution < 1.29 is 14.1 Å². The summed E-state index contributed by atoms with van der Waals surface area (Å²) in [6, 6.07) is 9.70. The van der Waals surface area contributed by atoms with Crippen LogP contribution in [0.15, 0.2) is 34.9 Å². The van der Waals surface area contributed by atoms with Gasteiger partial charge >= 0.3 is 0 Å². The number of likely N-dealkylation sites (tertiary alicyclic amines) is 1. The Labute approximate surface area is 166 Å². The molecule has 2 aliphatic rings. The van der Waals surface area contributed by atoms with E-state index in [1.54, 1.807) is 0 Å². The van der Waals surface area contributed by atoms with Crippen molar-refractivity contribution >= 4 is 5.91 Å². The molecule has 1 aromatic heterocycles. The van der Waals surface area contributed by atoms with Gasteiger partial charge in [-0.2, -0.15) is 0 Å². The fourth-order valence-corrected chi connectivity index (χ4v) is 4.54. The summed E-state index contributed by atoms with van der Waals surface area (Å²) in [5.74, 6) is 3.21. The van der Waals surface area contributed by atoms with E-state index in [0.29, 0.717) is 25.0 Å². The lowest BCUT2D eigenvalue weighted by Gasteiger charge is -2.50. The maximum atomic E-state index is 12.6. The highest BCUT2D eigenvalue weighted by molar-refractivity contribution is 5.80. The Hall–Kier alpha value is -2.34. The number of aryl methyl sites for hydroxylation is 2. The van der Waals surface area contributed by atoms with Gasteiger partial charge in [0.1, 0.15) is 18.1 Å². The van der Waals surface area contributed by atoms with Crippen molar-refractivity contribution in [3.63, 3.8) is 0 Å². The van der Waals surface area contributed by atoms with E-state index in [9.17, 15) is 4.79 Å². The summed E-state index contributed by atoms with van der Waals surface area (Å²) in [6.45, 7) is 7.94. The number of piperidine rings is 1. The molecule has 6 nitrogen and oxygen atoms in total. The number of amides is 1. The van der Waals surface area contributed by atoms with Crippen molar-refractivity contribution in [2.24, 2.45) is 17.8 Å². The van der Waals surface area contributed by atoms with Gasteiger partial charge in [-0.3, -0.25) is 9.69 Å². The van der Waals surface area contributed by atoms with Crippen molar-refractivity contribution in [3.05, 3.63) is 47.3 Å². The van der Waals surface area contributed by atoms with Gasteiger partial charge in [0.15, 0.2) is 0 Å². The summed E-state index contributed by atoms with van der Waals surface area (Å²) in [5.41, 5.74) is 2.16. The van der Waals surface area contributed by atoms with Crippen LogP contribution in [0.2, 0.25) is 0 Å². The van der Waals surface area contributed by atoms with E-state index in [2.05, 4.69) is 15.4 Å². The van der Waals surface area contributed by atoms with Gasteiger partial charge in [-0.25, -0.2) is 0 Å². The molecule has 1 aliphatic heterocycles. The largest absolute Gasteiger partial charge is 0.492 e. The molecule has 2 fully saturated rings. The van der Waals surface area contributed by atoms with Crippen molar-refractivity contribution in [2.75, 3.05) is 26.2 Å². The third-order valence-electron chi connectivity index (χ3n) is 6.28. The monoisotopic (exact) mass is 383 g/mol. The highest BCUT2D eigenvalue weighted by Crippen LogP contribution is 2.46. The van der Waals surface area contributed by atoms with Crippen LogP contribution in [0.5, 0.6) is 5.75 Å². The first kappa shape index (κ1) is 19.0. The van der Waals surface area contributed by atoms with Crippen LogP contribution in [0.25, 0.3) is 0 Å². The number of nitrogens with zero attached hydrogens (tertiary/aromatic N) is 2. The Kier molecular flexibility index (Phi) is 5.67. The predicted octanol–water partition coefficient (Wildman–Crippen LogP) is 2.94. The summed E-state index contributed by atoms with van der Waals surface area (Å²) in [4.78, 5) is 15.1. The van der Waals surface area contributed by atoms with E-state index in [1.807, 2.05) is 44.2 Å². The second-order valence-electron chi connectivity index (χ2n) is 8.05. The maximum Gasteiger partial charge on any atom is 0.223 e. The molecule has 150 valence electrons. The molecule has 0 bridgehead atoms. The summed E-state index contributed by atoms with van der Waals surface area (Å²) in [6.07, 6.45) is 2.20. The number of ether oxygens (including phenoxy) is 1. The zero-order valence-corrected chi connectivity index (χ0v) is 16.7. The van der Waals surface area contributed by atoms with Gasteiger partial charge in [0.05, 0.1) is 12.2 Å². The first-order valence-electron chi connectivity index (χ1n) is 10.2. The molecule has 0 unspecified atom stereocenters. The van der Waals surface area contributed by atoms with Crippen LogP contribution in [0.1, 0.15) is 29.9 Å². The molecule has 1 N–H and O–H groups in total. The summed E-state index contributed by atoms with van der Waals surface area (Å²) >= 11 is 0. The minimum Gasteiger partial charge on any atom is -0.492 e. The summed E-state index contributed by atoms with van der Waals surface area (Å²) < 4.78 is 10.9. The van der Waals surface area contributed by atoms with Crippen molar-refractivity contribution in [3.8, 4) is 5.75 Å². The Morgan fingerprint density at radius 2 is 2.14 bits per heavy atom. The molecule has 0 spiro atoms. The van der Waals surface area contributed by atoms with Crippen LogP contribution in [0.3, 0.4) is 0 Å². The minimum atomic E-state index is 0.134. The van der Waals surface area contributed by atoms with E-state index in [4.69, 9.17) is 9.26 Å². The van der Waals surface area contributed by atoms with Crippen LogP contribution >= 0.6 is 0 Å². The summed E-state index contributed by atoms with van der Waals surface area (Å²) in [7, 11) is 0. The number of benzene rings is 1. The molecule has 6 heteroatoms. The van der Waals surface area contributed by atoms with E-state index >= 15 is 0 Å². The molecule has 2 heterocycles. The number of fused-ring (bicyclic) bond motifs is 1. The first-order chi connectivity index (χ1) is 13.6. The molecule has 2 aromatic rings. The molecule has 3 atom stereocenters. The zero-order valence-electron chi connectivity index (χ0n) is 16.7. The van der Waals surface area contributed by atoms with Crippen LogP contribution in [-0.4, -0.2) is 42.2 Å². The van der Waals surface area contributed by atoms with Crippen LogP contribution in [0, 0.1) is 31.6 Å². The Morgan fingerprint density at radius 3 is 2.89 bits per heavy atom.